The van der Waals surface area contributed by atoms with E-state index in [2.05, 4.69) is 25.4 Å². The number of rotatable bonds is 5. The third kappa shape index (κ3) is 3.68. The minimum Gasteiger partial charge on any atom is -0.377 e. The lowest BCUT2D eigenvalue weighted by atomic mass is 10.1. The van der Waals surface area contributed by atoms with Crippen LogP contribution in [-0.2, 0) is 16.1 Å². The predicted octanol–water partition coefficient (Wildman–Crippen LogP) is 1.69. The third-order valence-corrected chi connectivity index (χ3v) is 6.22. The van der Waals surface area contributed by atoms with Crippen LogP contribution in [0.1, 0.15) is 5.69 Å². The lowest BCUT2D eigenvalue weighted by Crippen LogP contribution is -2.56. The van der Waals surface area contributed by atoms with Gasteiger partial charge < -0.3 is 24.8 Å². The van der Waals surface area contributed by atoms with Crippen molar-refractivity contribution in [3.8, 4) is 11.4 Å². The number of anilines is 2. The summed E-state index contributed by atoms with van der Waals surface area (Å²) in [5.41, 5.74) is 3.69. The molecular formula is C23H24N8O2. The highest BCUT2D eigenvalue weighted by molar-refractivity contribution is 5.94. The fourth-order valence-corrected chi connectivity index (χ4v) is 4.61. The van der Waals surface area contributed by atoms with Crippen LogP contribution in [0, 0.1) is 0 Å². The summed E-state index contributed by atoms with van der Waals surface area (Å²) in [5.74, 6) is 1.46. The Hall–Kier alpha value is -3.92. The number of amides is 1. The number of nitrogens with zero attached hydrogens (tertiary/aromatic N) is 5. The van der Waals surface area contributed by atoms with Crippen molar-refractivity contribution in [2.75, 3.05) is 42.6 Å². The van der Waals surface area contributed by atoms with Gasteiger partial charge in [0.25, 0.3) is 0 Å². The van der Waals surface area contributed by atoms with E-state index in [0.717, 1.165) is 40.2 Å². The zero-order valence-corrected chi connectivity index (χ0v) is 18.0. The maximum absolute atomic E-state index is 12.7. The van der Waals surface area contributed by atoms with E-state index < -0.39 is 0 Å². The summed E-state index contributed by atoms with van der Waals surface area (Å²) >= 11 is 0. The van der Waals surface area contributed by atoms with Crippen LogP contribution in [0.5, 0.6) is 0 Å². The average Bonchev–Trinajstić information content (AvgIpc) is 3.54. The molecule has 33 heavy (non-hydrogen) atoms. The Morgan fingerprint density at radius 3 is 3.12 bits per heavy atom. The Balaban J connectivity index is 1.31. The molecule has 0 radical (unpaired) electrons. The van der Waals surface area contributed by atoms with Crippen LogP contribution >= 0.6 is 0 Å². The summed E-state index contributed by atoms with van der Waals surface area (Å²) in [6, 6.07) is 10.1. The lowest BCUT2D eigenvalue weighted by Gasteiger charge is -2.45. The van der Waals surface area contributed by atoms with Gasteiger partial charge in [-0.05, 0) is 18.2 Å². The number of morpholine rings is 1. The van der Waals surface area contributed by atoms with Crippen molar-refractivity contribution in [3.05, 3.63) is 54.6 Å². The molecular weight excluding hydrogens is 420 g/mol. The molecule has 10 nitrogen and oxygen atoms in total. The number of hydrogen-bond acceptors (Lipinski definition) is 7. The Morgan fingerprint density at radius 1 is 1.24 bits per heavy atom. The summed E-state index contributed by atoms with van der Waals surface area (Å²) in [5, 5.41) is 10.9. The largest absolute Gasteiger partial charge is 0.377 e. The Bertz CT molecular complexity index is 1280. The van der Waals surface area contributed by atoms with E-state index in [9.17, 15) is 4.79 Å². The Labute approximate surface area is 190 Å². The minimum absolute atomic E-state index is 0.0738. The van der Waals surface area contributed by atoms with Gasteiger partial charge in [0.2, 0.25) is 5.91 Å². The number of aromatic nitrogens is 5. The summed E-state index contributed by atoms with van der Waals surface area (Å²) in [7, 11) is 0. The van der Waals surface area contributed by atoms with E-state index in [1.165, 1.54) is 0 Å². The Morgan fingerprint density at radius 2 is 2.21 bits per heavy atom. The molecule has 168 valence electrons. The van der Waals surface area contributed by atoms with E-state index in [1.807, 2.05) is 47.6 Å². The van der Waals surface area contributed by atoms with Crippen LogP contribution in [-0.4, -0.2) is 69.9 Å². The van der Waals surface area contributed by atoms with Gasteiger partial charge in [-0.3, -0.25) is 9.89 Å². The monoisotopic (exact) mass is 444 g/mol. The van der Waals surface area contributed by atoms with Crippen molar-refractivity contribution in [1.82, 2.24) is 30.5 Å². The predicted molar refractivity (Wildman–Crippen MR) is 124 cm³/mol. The molecule has 3 N–H and O–H groups in total. The number of benzene rings is 1. The van der Waals surface area contributed by atoms with Gasteiger partial charge in [-0.25, -0.2) is 9.97 Å². The number of H-pyrrole nitrogens is 2. The number of aromatic amines is 2. The van der Waals surface area contributed by atoms with Crippen LogP contribution in [0.3, 0.4) is 0 Å². The van der Waals surface area contributed by atoms with Crippen molar-refractivity contribution in [1.29, 1.82) is 0 Å². The first kappa shape index (κ1) is 19.7. The summed E-state index contributed by atoms with van der Waals surface area (Å²) in [6.07, 6.45) is 5.51. The molecule has 6 rings (SSSR count). The van der Waals surface area contributed by atoms with Crippen molar-refractivity contribution in [2.24, 2.45) is 0 Å². The van der Waals surface area contributed by atoms with Gasteiger partial charge in [0.15, 0.2) is 11.6 Å². The van der Waals surface area contributed by atoms with Gasteiger partial charge in [0.1, 0.15) is 0 Å². The third-order valence-electron chi connectivity index (χ3n) is 6.22. The van der Waals surface area contributed by atoms with Crippen LogP contribution in [0.15, 0.2) is 48.9 Å². The first-order valence-electron chi connectivity index (χ1n) is 11.0. The van der Waals surface area contributed by atoms with Gasteiger partial charge in [-0.1, -0.05) is 12.1 Å². The van der Waals surface area contributed by atoms with Crippen LogP contribution < -0.4 is 15.1 Å². The number of carbonyl (C=O) groups excluding carboxylic acids is 1. The van der Waals surface area contributed by atoms with Crippen molar-refractivity contribution >= 4 is 28.3 Å². The van der Waals surface area contributed by atoms with E-state index in [-0.39, 0.29) is 18.5 Å². The van der Waals surface area contributed by atoms with E-state index in [1.54, 1.807) is 6.20 Å². The zero-order valence-electron chi connectivity index (χ0n) is 18.0. The second-order valence-corrected chi connectivity index (χ2v) is 8.29. The molecule has 10 heteroatoms. The highest BCUT2D eigenvalue weighted by Crippen LogP contribution is 2.36. The summed E-state index contributed by atoms with van der Waals surface area (Å²) in [6.45, 7) is 3.32. The van der Waals surface area contributed by atoms with E-state index >= 15 is 0 Å². The van der Waals surface area contributed by atoms with Crippen molar-refractivity contribution in [2.45, 2.75) is 12.6 Å². The molecule has 0 saturated carbocycles. The first-order chi connectivity index (χ1) is 16.3. The minimum atomic E-state index is -0.0738. The van der Waals surface area contributed by atoms with Gasteiger partial charge in [-0.15, -0.1) is 0 Å². The van der Waals surface area contributed by atoms with Crippen LogP contribution in [0.25, 0.3) is 22.3 Å². The SMILES string of the molecule is O=C(CN1CC2COCCN2c2nc(-c3cccc4[nH]ccc34)ncc21)NCc1cc[nH]n1. The average molecular weight is 444 g/mol. The maximum atomic E-state index is 12.7. The molecule has 0 aliphatic carbocycles. The second-order valence-electron chi connectivity index (χ2n) is 8.29. The van der Waals surface area contributed by atoms with Crippen molar-refractivity contribution in [3.63, 3.8) is 0 Å². The van der Waals surface area contributed by atoms with E-state index in [0.29, 0.717) is 32.1 Å². The molecule has 0 spiro atoms. The molecule has 4 aromatic rings. The highest BCUT2D eigenvalue weighted by atomic mass is 16.5. The molecule has 2 aliphatic heterocycles. The molecule has 1 fully saturated rings. The van der Waals surface area contributed by atoms with Crippen LogP contribution in [0.2, 0.25) is 0 Å². The second kappa shape index (κ2) is 8.21. The number of ether oxygens (including phenoxy) is 1. The molecule has 1 unspecified atom stereocenters. The molecule has 1 atom stereocenters. The number of fused-ring (bicyclic) bond motifs is 4. The number of nitrogens with one attached hydrogen (secondary N) is 3. The maximum Gasteiger partial charge on any atom is 0.239 e. The number of hydrogen-bond donors (Lipinski definition) is 3. The fraction of sp³-hybridized carbons (Fsp3) is 0.304. The molecule has 1 saturated heterocycles. The van der Waals surface area contributed by atoms with E-state index in [4.69, 9.17) is 14.7 Å². The number of carbonyl (C=O) groups is 1. The first-order valence-corrected chi connectivity index (χ1v) is 11.0. The normalized spacial score (nSPS) is 17.6. The zero-order chi connectivity index (χ0) is 22.2. The van der Waals surface area contributed by atoms with Crippen LogP contribution in [0.4, 0.5) is 11.5 Å². The topological polar surface area (TPSA) is 115 Å². The van der Waals surface area contributed by atoms with Crippen molar-refractivity contribution < 1.29 is 9.53 Å². The standard InChI is InChI=1S/C23H24N8O2/c32-21(25-10-15-4-7-27-29-15)13-30-12-16-14-33-9-8-31(16)23-20(30)11-26-22(28-23)18-2-1-3-19-17(18)5-6-24-19/h1-7,11,16,24H,8-10,12-14H2,(H,25,32)(H,27,29). The molecule has 2 aliphatic rings. The quantitative estimate of drug-likeness (QED) is 0.429. The Kier molecular flexibility index (Phi) is 4.91. The summed E-state index contributed by atoms with van der Waals surface area (Å²) in [4.78, 5) is 30.0. The summed E-state index contributed by atoms with van der Waals surface area (Å²) < 4.78 is 5.74. The smallest absolute Gasteiger partial charge is 0.239 e. The van der Waals surface area contributed by atoms with Gasteiger partial charge in [0.05, 0.1) is 49.9 Å². The highest BCUT2D eigenvalue weighted by Gasteiger charge is 2.35. The van der Waals surface area contributed by atoms with Gasteiger partial charge in [-0.2, -0.15) is 5.10 Å². The molecule has 5 heterocycles. The molecule has 3 aromatic heterocycles. The van der Waals surface area contributed by atoms with Gasteiger partial charge in [0, 0.05) is 41.9 Å². The van der Waals surface area contributed by atoms with Gasteiger partial charge >= 0.3 is 0 Å². The fourth-order valence-electron chi connectivity index (χ4n) is 4.61. The molecule has 0 bridgehead atoms. The molecule has 1 amide bonds. The molecule has 1 aromatic carbocycles. The lowest BCUT2D eigenvalue weighted by molar-refractivity contribution is -0.120.